The number of benzene rings is 1. The van der Waals surface area contributed by atoms with Gasteiger partial charge in [0.25, 0.3) is 0 Å². The van der Waals surface area contributed by atoms with Gasteiger partial charge in [0, 0.05) is 25.9 Å². The summed E-state index contributed by atoms with van der Waals surface area (Å²) in [5.74, 6) is 0.940. The van der Waals surface area contributed by atoms with Gasteiger partial charge in [0.15, 0.2) is 0 Å². The predicted molar refractivity (Wildman–Crippen MR) is 72.1 cm³/mol. The van der Waals surface area contributed by atoms with Gasteiger partial charge in [-0.15, -0.1) is 0 Å². The Balaban J connectivity index is 2.79. The molecule has 0 saturated heterocycles. The van der Waals surface area contributed by atoms with Crippen LogP contribution in [0.25, 0.3) is 0 Å². The van der Waals surface area contributed by atoms with Crippen LogP contribution in [-0.4, -0.2) is 32.4 Å². The molecule has 0 heterocycles. The maximum atomic E-state index is 8.78. The number of hydrogen-bond acceptors (Lipinski definition) is 3. The fourth-order valence-corrected chi connectivity index (χ4v) is 1.99. The van der Waals surface area contributed by atoms with Crippen LogP contribution in [0.3, 0.4) is 0 Å². The van der Waals surface area contributed by atoms with Crippen molar-refractivity contribution < 1.29 is 9.84 Å². The van der Waals surface area contributed by atoms with Crippen molar-refractivity contribution in [1.29, 1.82) is 0 Å². The van der Waals surface area contributed by atoms with Crippen molar-refractivity contribution in [2.24, 2.45) is 0 Å². The van der Waals surface area contributed by atoms with Crippen LogP contribution in [0.15, 0.2) is 12.1 Å². The second kappa shape index (κ2) is 6.50. The number of methoxy groups -OCH3 is 1. The zero-order chi connectivity index (χ0) is 12.8. The first-order valence-corrected chi connectivity index (χ1v) is 6.07. The molecule has 0 unspecified atom stereocenters. The molecular weight excluding hydrogens is 214 g/mol. The van der Waals surface area contributed by atoms with Gasteiger partial charge in [0.1, 0.15) is 5.75 Å². The third-order valence-electron chi connectivity index (χ3n) is 3.03. The standard InChI is InChI=1S/C14H23NO2/c1-11-10-14(17-4)12(2)9-13(11)15(3)7-5-6-8-16/h9-10,16H,5-8H2,1-4H3. The molecule has 0 spiro atoms. The number of unbranched alkanes of at least 4 members (excludes halogenated alkanes) is 1. The molecule has 1 rings (SSSR count). The van der Waals surface area contributed by atoms with E-state index >= 15 is 0 Å². The van der Waals surface area contributed by atoms with Gasteiger partial charge in [0.2, 0.25) is 0 Å². The van der Waals surface area contributed by atoms with Crippen molar-refractivity contribution in [3.63, 3.8) is 0 Å². The second-order valence-electron chi connectivity index (χ2n) is 4.46. The highest BCUT2D eigenvalue weighted by atomic mass is 16.5. The molecule has 0 bridgehead atoms. The van der Waals surface area contributed by atoms with E-state index in [9.17, 15) is 0 Å². The van der Waals surface area contributed by atoms with Crippen molar-refractivity contribution in [2.75, 3.05) is 32.2 Å². The lowest BCUT2D eigenvalue weighted by Gasteiger charge is -2.22. The van der Waals surface area contributed by atoms with Crippen LogP contribution in [0, 0.1) is 13.8 Å². The molecule has 0 aliphatic rings. The Bertz CT molecular complexity index is 363. The average Bonchev–Trinajstić information content (AvgIpc) is 2.31. The first-order chi connectivity index (χ1) is 8.10. The molecule has 0 radical (unpaired) electrons. The molecule has 1 N–H and O–H groups in total. The van der Waals surface area contributed by atoms with E-state index in [0.29, 0.717) is 0 Å². The molecule has 96 valence electrons. The molecule has 1 aromatic carbocycles. The Morgan fingerprint density at radius 1 is 1.18 bits per heavy atom. The van der Waals surface area contributed by atoms with Gasteiger partial charge in [-0.25, -0.2) is 0 Å². The molecule has 3 nitrogen and oxygen atoms in total. The lowest BCUT2D eigenvalue weighted by atomic mass is 10.1. The molecule has 0 aliphatic carbocycles. The van der Waals surface area contributed by atoms with Gasteiger partial charge < -0.3 is 14.7 Å². The topological polar surface area (TPSA) is 32.7 Å². The highest BCUT2D eigenvalue weighted by Crippen LogP contribution is 2.28. The quantitative estimate of drug-likeness (QED) is 0.772. The molecule has 0 saturated carbocycles. The summed E-state index contributed by atoms with van der Waals surface area (Å²) in [7, 11) is 3.79. The smallest absolute Gasteiger partial charge is 0.122 e. The Kier molecular flexibility index (Phi) is 5.29. The molecule has 0 aliphatic heterocycles. The van der Waals surface area contributed by atoms with Gasteiger partial charge in [-0.3, -0.25) is 0 Å². The minimum atomic E-state index is 0.272. The highest BCUT2D eigenvalue weighted by Gasteiger charge is 2.08. The summed E-state index contributed by atoms with van der Waals surface area (Å²) in [5, 5.41) is 8.78. The number of anilines is 1. The fourth-order valence-electron chi connectivity index (χ4n) is 1.99. The van der Waals surface area contributed by atoms with Crippen molar-refractivity contribution in [1.82, 2.24) is 0 Å². The van der Waals surface area contributed by atoms with E-state index in [1.165, 1.54) is 11.3 Å². The normalized spacial score (nSPS) is 10.4. The van der Waals surface area contributed by atoms with E-state index < -0.39 is 0 Å². The van der Waals surface area contributed by atoms with Crippen LogP contribution < -0.4 is 9.64 Å². The minimum absolute atomic E-state index is 0.272. The summed E-state index contributed by atoms with van der Waals surface area (Å²) in [6.45, 7) is 5.39. The molecule has 3 heteroatoms. The number of rotatable bonds is 6. The summed E-state index contributed by atoms with van der Waals surface area (Å²) in [6, 6.07) is 4.24. The van der Waals surface area contributed by atoms with Gasteiger partial charge >= 0.3 is 0 Å². The molecular formula is C14H23NO2. The van der Waals surface area contributed by atoms with E-state index in [-0.39, 0.29) is 6.61 Å². The molecule has 0 fully saturated rings. The van der Waals surface area contributed by atoms with Crippen molar-refractivity contribution >= 4 is 5.69 Å². The summed E-state index contributed by atoms with van der Waals surface area (Å²) < 4.78 is 5.31. The maximum absolute atomic E-state index is 8.78. The molecule has 0 aromatic heterocycles. The maximum Gasteiger partial charge on any atom is 0.122 e. The molecule has 1 aromatic rings. The van der Waals surface area contributed by atoms with E-state index in [2.05, 4.69) is 37.9 Å². The molecule has 0 amide bonds. The van der Waals surface area contributed by atoms with E-state index in [1.807, 2.05) is 0 Å². The van der Waals surface area contributed by atoms with Crippen LogP contribution in [0.2, 0.25) is 0 Å². The first-order valence-electron chi connectivity index (χ1n) is 6.07. The summed E-state index contributed by atoms with van der Waals surface area (Å²) in [5.41, 5.74) is 3.61. The summed E-state index contributed by atoms with van der Waals surface area (Å²) >= 11 is 0. The summed E-state index contributed by atoms with van der Waals surface area (Å²) in [4.78, 5) is 2.23. The third-order valence-corrected chi connectivity index (χ3v) is 3.03. The lowest BCUT2D eigenvalue weighted by Crippen LogP contribution is -2.19. The Hall–Kier alpha value is -1.22. The zero-order valence-corrected chi connectivity index (χ0v) is 11.3. The number of ether oxygens (including phenoxy) is 1. The lowest BCUT2D eigenvalue weighted by molar-refractivity contribution is 0.285. The van der Waals surface area contributed by atoms with Gasteiger partial charge in [0.05, 0.1) is 7.11 Å². The monoisotopic (exact) mass is 237 g/mol. The first kappa shape index (κ1) is 13.8. The predicted octanol–water partition coefficient (Wildman–Crippen LogP) is 2.52. The van der Waals surface area contributed by atoms with Gasteiger partial charge in [-0.2, -0.15) is 0 Å². The fraction of sp³-hybridized carbons (Fsp3) is 0.571. The van der Waals surface area contributed by atoms with Crippen molar-refractivity contribution in [3.05, 3.63) is 23.3 Å². The van der Waals surface area contributed by atoms with E-state index in [4.69, 9.17) is 9.84 Å². The largest absolute Gasteiger partial charge is 0.496 e. The van der Waals surface area contributed by atoms with Crippen molar-refractivity contribution in [3.8, 4) is 5.75 Å². The number of hydrogen-bond donors (Lipinski definition) is 1. The average molecular weight is 237 g/mol. The number of aliphatic hydroxyl groups excluding tert-OH is 1. The molecule has 0 atom stereocenters. The second-order valence-corrected chi connectivity index (χ2v) is 4.46. The number of nitrogens with zero attached hydrogens (tertiary/aromatic N) is 1. The van der Waals surface area contributed by atoms with Crippen LogP contribution in [-0.2, 0) is 0 Å². The minimum Gasteiger partial charge on any atom is -0.496 e. The van der Waals surface area contributed by atoms with Gasteiger partial charge in [-0.1, -0.05) is 0 Å². The third kappa shape index (κ3) is 3.63. The molecule has 17 heavy (non-hydrogen) atoms. The van der Waals surface area contributed by atoms with Crippen LogP contribution in [0.5, 0.6) is 5.75 Å². The Morgan fingerprint density at radius 3 is 2.47 bits per heavy atom. The Morgan fingerprint density at radius 2 is 1.88 bits per heavy atom. The zero-order valence-electron chi connectivity index (χ0n) is 11.3. The highest BCUT2D eigenvalue weighted by molar-refractivity contribution is 5.58. The van der Waals surface area contributed by atoms with Gasteiger partial charge in [-0.05, 0) is 49.9 Å². The number of aryl methyl sites for hydroxylation is 2. The summed E-state index contributed by atoms with van der Waals surface area (Å²) in [6.07, 6.45) is 1.87. The van der Waals surface area contributed by atoms with Crippen LogP contribution in [0.4, 0.5) is 5.69 Å². The SMILES string of the molecule is COc1cc(C)c(N(C)CCCCO)cc1C. The van der Waals surface area contributed by atoms with Crippen LogP contribution in [0.1, 0.15) is 24.0 Å². The van der Waals surface area contributed by atoms with Crippen LogP contribution >= 0.6 is 0 Å². The van der Waals surface area contributed by atoms with Crippen molar-refractivity contribution in [2.45, 2.75) is 26.7 Å². The Labute approximate surface area is 104 Å². The van der Waals surface area contributed by atoms with E-state index in [0.717, 1.165) is 30.7 Å². The number of aliphatic hydroxyl groups is 1. The van der Waals surface area contributed by atoms with E-state index in [1.54, 1.807) is 7.11 Å².